The first-order valence-corrected chi connectivity index (χ1v) is 15.8. The second-order valence-electron chi connectivity index (χ2n) is 11.3. The third kappa shape index (κ3) is 6.12. The third-order valence-corrected chi connectivity index (χ3v) is 10.7. The van der Waals surface area contributed by atoms with Crippen molar-refractivity contribution in [2.45, 2.75) is 88.7 Å². The summed E-state index contributed by atoms with van der Waals surface area (Å²) in [6.45, 7) is 13.8. The SMILES string of the molecule is CC(C)c1cc(C(C)C)c(S(=O)(=O)C2CCN(c3nc(Cc4cc(F)cc(F)c4)cs3)CC2)c(C(C)C)c1. The zero-order valence-corrected chi connectivity index (χ0v) is 24.7. The summed E-state index contributed by atoms with van der Waals surface area (Å²) >= 11 is 1.48. The smallest absolute Gasteiger partial charge is 0.185 e. The third-order valence-electron chi connectivity index (χ3n) is 7.36. The van der Waals surface area contributed by atoms with E-state index in [9.17, 15) is 17.2 Å². The highest BCUT2D eigenvalue weighted by Crippen LogP contribution is 2.39. The van der Waals surface area contributed by atoms with Gasteiger partial charge < -0.3 is 4.90 Å². The standard InChI is InChI=1S/C30H38F2N2O2S2/c1-18(2)22-14-27(19(3)4)29(28(15-22)20(5)6)38(35,36)26-7-9-34(10-8-26)30-33-25(17-37-30)13-21-11-23(31)16-24(32)12-21/h11-12,14-20,26H,7-10,13H2,1-6H3. The van der Waals surface area contributed by atoms with E-state index in [1.54, 1.807) is 0 Å². The summed E-state index contributed by atoms with van der Waals surface area (Å²) in [5.74, 6) is -0.654. The molecule has 8 heteroatoms. The highest BCUT2D eigenvalue weighted by atomic mass is 32.2. The van der Waals surface area contributed by atoms with Gasteiger partial charge in [0, 0.05) is 31.0 Å². The van der Waals surface area contributed by atoms with E-state index < -0.39 is 26.7 Å². The van der Waals surface area contributed by atoms with Crippen LogP contribution in [-0.2, 0) is 16.3 Å². The van der Waals surface area contributed by atoms with Gasteiger partial charge in [0.15, 0.2) is 15.0 Å². The maximum Gasteiger partial charge on any atom is 0.185 e. The number of hydrogen-bond acceptors (Lipinski definition) is 5. The topological polar surface area (TPSA) is 50.3 Å². The van der Waals surface area contributed by atoms with Crippen molar-refractivity contribution in [2.75, 3.05) is 18.0 Å². The molecule has 1 aromatic heterocycles. The van der Waals surface area contributed by atoms with Crippen LogP contribution >= 0.6 is 11.3 Å². The lowest BCUT2D eigenvalue weighted by atomic mass is 9.89. The minimum Gasteiger partial charge on any atom is -0.348 e. The number of piperidine rings is 1. The molecule has 4 rings (SSSR count). The first-order valence-electron chi connectivity index (χ1n) is 13.4. The van der Waals surface area contributed by atoms with E-state index in [4.69, 9.17) is 0 Å². The Morgan fingerprint density at radius 2 is 1.45 bits per heavy atom. The first kappa shape index (κ1) is 28.7. The highest BCUT2D eigenvalue weighted by Gasteiger charge is 2.36. The molecular formula is C30H38F2N2O2S2. The number of anilines is 1. The molecule has 2 heterocycles. The minimum atomic E-state index is -3.52. The molecule has 0 saturated carbocycles. The average molecular weight is 561 g/mol. The maximum absolute atomic E-state index is 14.1. The number of sulfone groups is 1. The number of benzene rings is 2. The molecule has 4 nitrogen and oxygen atoms in total. The van der Waals surface area contributed by atoms with Crippen molar-refractivity contribution in [1.29, 1.82) is 0 Å². The molecule has 1 aliphatic heterocycles. The molecule has 38 heavy (non-hydrogen) atoms. The fourth-order valence-electron chi connectivity index (χ4n) is 5.19. The summed E-state index contributed by atoms with van der Waals surface area (Å²) in [5, 5.41) is 2.29. The molecule has 0 unspecified atom stereocenters. The van der Waals surface area contributed by atoms with Crippen molar-refractivity contribution >= 4 is 26.3 Å². The number of nitrogens with zero attached hydrogens (tertiary/aromatic N) is 2. The van der Waals surface area contributed by atoms with Gasteiger partial charge in [-0.05, 0) is 65.0 Å². The van der Waals surface area contributed by atoms with Crippen LogP contribution in [0.2, 0.25) is 0 Å². The Morgan fingerprint density at radius 3 is 1.95 bits per heavy atom. The van der Waals surface area contributed by atoms with Gasteiger partial charge in [0.2, 0.25) is 0 Å². The molecule has 1 saturated heterocycles. The largest absolute Gasteiger partial charge is 0.348 e. The van der Waals surface area contributed by atoms with E-state index in [0.29, 0.717) is 48.7 Å². The van der Waals surface area contributed by atoms with E-state index in [-0.39, 0.29) is 11.8 Å². The van der Waals surface area contributed by atoms with Crippen molar-refractivity contribution in [3.63, 3.8) is 0 Å². The minimum absolute atomic E-state index is 0.108. The zero-order chi connectivity index (χ0) is 27.8. The maximum atomic E-state index is 14.1. The highest BCUT2D eigenvalue weighted by molar-refractivity contribution is 7.92. The average Bonchev–Trinajstić information content (AvgIpc) is 3.30. The Hall–Kier alpha value is -2.32. The molecular weight excluding hydrogens is 522 g/mol. The molecule has 0 spiro atoms. The van der Waals surface area contributed by atoms with E-state index in [0.717, 1.165) is 28.0 Å². The van der Waals surface area contributed by atoms with Crippen LogP contribution in [0.3, 0.4) is 0 Å². The van der Waals surface area contributed by atoms with Gasteiger partial charge in [0.1, 0.15) is 11.6 Å². The molecule has 2 aromatic carbocycles. The molecule has 1 aliphatic rings. The predicted molar refractivity (Wildman–Crippen MR) is 152 cm³/mol. The Labute approximate surface area is 230 Å². The molecule has 0 N–H and O–H groups in total. The van der Waals surface area contributed by atoms with Crippen molar-refractivity contribution in [1.82, 2.24) is 4.98 Å². The normalized spacial score (nSPS) is 15.3. The van der Waals surface area contributed by atoms with Crippen LogP contribution < -0.4 is 4.90 Å². The molecule has 206 valence electrons. The summed E-state index contributed by atoms with van der Waals surface area (Å²) in [6, 6.07) is 7.71. The molecule has 3 aromatic rings. The van der Waals surface area contributed by atoms with E-state index in [1.165, 1.54) is 29.0 Å². The van der Waals surface area contributed by atoms with Crippen LogP contribution in [0.15, 0.2) is 40.6 Å². The summed E-state index contributed by atoms with van der Waals surface area (Å²) in [4.78, 5) is 7.36. The van der Waals surface area contributed by atoms with Gasteiger partial charge in [0.25, 0.3) is 0 Å². The van der Waals surface area contributed by atoms with Crippen LogP contribution in [0.5, 0.6) is 0 Å². The number of thiazole rings is 1. The second kappa shape index (κ2) is 11.4. The van der Waals surface area contributed by atoms with Crippen molar-refractivity contribution in [2.24, 2.45) is 0 Å². The van der Waals surface area contributed by atoms with E-state index in [1.807, 2.05) is 5.38 Å². The Bertz CT molecular complexity index is 1340. The summed E-state index contributed by atoms with van der Waals surface area (Å²) in [5.41, 5.74) is 4.33. The van der Waals surface area contributed by atoms with Gasteiger partial charge in [-0.2, -0.15) is 0 Å². The second-order valence-corrected chi connectivity index (χ2v) is 14.3. The van der Waals surface area contributed by atoms with Crippen LogP contribution in [0, 0.1) is 11.6 Å². The predicted octanol–water partition coefficient (Wildman–Crippen LogP) is 7.83. The van der Waals surface area contributed by atoms with E-state index in [2.05, 4.69) is 63.6 Å². The Balaban J connectivity index is 1.53. The number of aromatic nitrogens is 1. The number of halogens is 2. The van der Waals surface area contributed by atoms with Crippen molar-refractivity contribution < 1.29 is 17.2 Å². The lowest BCUT2D eigenvalue weighted by Crippen LogP contribution is -2.40. The molecule has 0 bridgehead atoms. The van der Waals surface area contributed by atoms with Gasteiger partial charge in [-0.15, -0.1) is 11.3 Å². The molecule has 0 radical (unpaired) electrons. The van der Waals surface area contributed by atoms with Gasteiger partial charge in [-0.3, -0.25) is 0 Å². The van der Waals surface area contributed by atoms with Crippen LogP contribution in [-0.4, -0.2) is 31.7 Å². The molecule has 1 fully saturated rings. The zero-order valence-electron chi connectivity index (χ0n) is 23.1. The van der Waals surface area contributed by atoms with Gasteiger partial charge in [-0.1, -0.05) is 53.7 Å². The van der Waals surface area contributed by atoms with Gasteiger partial charge in [0.05, 0.1) is 15.8 Å². The fourth-order valence-corrected chi connectivity index (χ4v) is 8.48. The Morgan fingerprint density at radius 1 is 0.895 bits per heavy atom. The summed E-state index contributed by atoms with van der Waals surface area (Å²) < 4.78 is 55.4. The lowest BCUT2D eigenvalue weighted by molar-refractivity contribution is 0.526. The number of rotatable bonds is 8. The van der Waals surface area contributed by atoms with Crippen molar-refractivity contribution in [3.8, 4) is 0 Å². The van der Waals surface area contributed by atoms with Crippen LogP contribution in [0.4, 0.5) is 13.9 Å². The Kier molecular flexibility index (Phi) is 8.62. The van der Waals surface area contributed by atoms with Gasteiger partial charge in [-0.25, -0.2) is 22.2 Å². The summed E-state index contributed by atoms with van der Waals surface area (Å²) in [6.07, 6.45) is 1.42. The lowest BCUT2D eigenvalue weighted by Gasteiger charge is -2.33. The van der Waals surface area contributed by atoms with Crippen LogP contribution in [0.1, 0.15) is 100 Å². The van der Waals surface area contributed by atoms with Crippen LogP contribution in [0.25, 0.3) is 0 Å². The monoisotopic (exact) mass is 560 g/mol. The first-order chi connectivity index (χ1) is 17.9. The molecule has 0 amide bonds. The van der Waals surface area contributed by atoms with E-state index >= 15 is 0 Å². The quantitative estimate of drug-likeness (QED) is 0.282. The van der Waals surface area contributed by atoms with Gasteiger partial charge >= 0.3 is 0 Å². The molecule has 0 atom stereocenters. The fraction of sp³-hybridized carbons (Fsp3) is 0.500. The van der Waals surface area contributed by atoms with Crippen molar-refractivity contribution in [3.05, 3.63) is 75.3 Å². The number of hydrogen-bond donors (Lipinski definition) is 0. The summed E-state index contributed by atoms with van der Waals surface area (Å²) in [7, 11) is -3.52. The molecule has 0 aliphatic carbocycles.